The molecule has 0 saturated heterocycles. The van der Waals surface area contributed by atoms with Gasteiger partial charge in [0.2, 0.25) is 0 Å². The van der Waals surface area contributed by atoms with Crippen molar-refractivity contribution in [1.82, 2.24) is 14.8 Å². The number of rotatable bonds is 9. The van der Waals surface area contributed by atoms with Gasteiger partial charge in [0.25, 0.3) is 0 Å². The van der Waals surface area contributed by atoms with Gasteiger partial charge in [-0.2, -0.15) is 0 Å². The molecule has 0 aliphatic rings. The van der Waals surface area contributed by atoms with Crippen LogP contribution in [0.25, 0.3) is 0 Å². The number of hydrogen-bond donors (Lipinski definition) is 1. The van der Waals surface area contributed by atoms with Crippen LogP contribution in [0.5, 0.6) is 0 Å². The molecular formula is C12H31N3Si. The van der Waals surface area contributed by atoms with Gasteiger partial charge in [-0.15, -0.1) is 0 Å². The van der Waals surface area contributed by atoms with Crippen LogP contribution in [-0.4, -0.2) is 51.4 Å². The van der Waals surface area contributed by atoms with Crippen molar-refractivity contribution in [2.45, 2.75) is 53.4 Å². The van der Waals surface area contributed by atoms with Gasteiger partial charge in [-0.25, -0.2) is 0 Å². The van der Waals surface area contributed by atoms with Gasteiger partial charge in [0.15, 0.2) is 0 Å². The molecule has 4 heteroatoms. The van der Waals surface area contributed by atoms with E-state index in [1.165, 1.54) is 6.04 Å². The van der Waals surface area contributed by atoms with Crippen molar-refractivity contribution in [2.75, 3.05) is 26.2 Å². The molecule has 98 valence electrons. The van der Waals surface area contributed by atoms with E-state index in [0.717, 1.165) is 26.2 Å². The van der Waals surface area contributed by atoms with Crippen LogP contribution in [-0.2, 0) is 0 Å². The van der Waals surface area contributed by atoms with E-state index in [0.29, 0.717) is 0 Å². The second kappa shape index (κ2) is 8.23. The third kappa shape index (κ3) is 3.84. The predicted octanol–water partition coefficient (Wildman–Crippen LogP) is 1.46. The molecule has 0 aromatic rings. The fraction of sp³-hybridized carbons (Fsp3) is 1.00. The molecule has 0 aliphatic heterocycles. The molecule has 0 fully saturated rings. The highest BCUT2D eigenvalue weighted by Gasteiger charge is 2.33. The molecule has 0 aromatic heterocycles. The Morgan fingerprint density at radius 1 is 0.875 bits per heavy atom. The third-order valence-corrected chi connectivity index (χ3v) is 4.89. The molecule has 0 radical (unpaired) electrons. The second-order valence-corrected chi connectivity index (χ2v) is 6.15. The van der Waals surface area contributed by atoms with E-state index >= 15 is 0 Å². The maximum absolute atomic E-state index is 3.84. The normalized spacial score (nSPS) is 13.5. The molecule has 1 N–H and O–H groups in total. The summed E-state index contributed by atoms with van der Waals surface area (Å²) in [5.41, 5.74) is 0. The quantitative estimate of drug-likeness (QED) is 0.490. The van der Waals surface area contributed by atoms with Gasteiger partial charge in [-0.05, 0) is 33.1 Å². The van der Waals surface area contributed by atoms with E-state index in [1.807, 2.05) is 0 Å². The fourth-order valence-corrected chi connectivity index (χ4v) is 3.63. The summed E-state index contributed by atoms with van der Waals surface area (Å²) in [6.07, 6.45) is 0. The topological polar surface area (TPSA) is 18.5 Å². The standard InChI is InChI=1S/C12H31N3Si/c1-7-14(8-2)12(6,13-16-11-5)15(9-3)10-4/h13H,7-11,16H2,1-6H3. The van der Waals surface area contributed by atoms with Gasteiger partial charge in [-0.1, -0.05) is 40.7 Å². The molecule has 0 atom stereocenters. The van der Waals surface area contributed by atoms with Crippen LogP contribution in [0.2, 0.25) is 6.04 Å². The molecular weight excluding hydrogens is 214 g/mol. The van der Waals surface area contributed by atoms with Gasteiger partial charge in [0.05, 0.1) is 9.68 Å². The Morgan fingerprint density at radius 3 is 1.50 bits per heavy atom. The first-order valence-corrected chi connectivity index (χ1v) is 8.56. The first-order valence-electron chi connectivity index (χ1n) is 6.85. The summed E-state index contributed by atoms with van der Waals surface area (Å²) in [5.74, 6) is 0.0647. The summed E-state index contributed by atoms with van der Waals surface area (Å²) < 4.78 is 0. The molecule has 0 bridgehead atoms. The number of hydrogen-bond acceptors (Lipinski definition) is 3. The van der Waals surface area contributed by atoms with Crippen LogP contribution < -0.4 is 4.98 Å². The van der Waals surface area contributed by atoms with E-state index in [4.69, 9.17) is 0 Å². The molecule has 0 rings (SSSR count). The lowest BCUT2D eigenvalue weighted by atomic mass is 10.2. The van der Waals surface area contributed by atoms with Crippen LogP contribution >= 0.6 is 0 Å². The minimum absolute atomic E-state index is 0.0647. The summed E-state index contributed by atoms with van der Waals surface area (Å²) >= 11 is 0. The summed E-state index contributed by atoms with van der Waals surface area (Å²) in [6.45, 7) is 18.0. The molecule has 0 aromatic carbocycles. The molecule has 16 heavy (non-hydrogen) atoms. The van der Waals surface area contributed by atoms with Gasteiger partial charge in [0, 0.05) is 0 Å². The van der Waals surface area contributed by atoms with E-state index in [9.17, 15) is 0 Å². The highest BCUT2D eigenvalue weighted by atomic mass is 28.2. The smallest absolute Gasteiger partial charge is 0.119 e. The highest BCUT2D eigenvalue weighted by Crippen LogP contribution is 2.16. The second-order valence-electron chi connectivity index (χ2n) is 4.29. The van der Waals surface area contributed by atoms with E-state index in [-0.39, 0.29) is 15.5 Å². The first kappa shape index (κ1) is 16.1. The minimum Gasteiger partial charge on any atom is -0.314 e. The van der Waals surface area contributed by atoms with Crippen molar-refractivity contribution in [2.24, 2.45) is 0 Å². The van der Waals surface area contributed by atoms with Gasteiger partial charge in [0.1, 0.15) is 5.79 Å². The Kier molecular flexibility index (Phi) is 8.28. The maximum atomic E-state index is 3.84. The molecule has 0 saturated carbocycles. The van der Waals surface area contributed by atoms with Crippen LogP contribution in [0.15, 0.2) is 0 Å². The van der Waals surface area contributed by atoms with E-state index in [2.05, 4.69) is 56.3 Å². The van der Waals surface area contributed by atoms with Crippen molar-refractivity contribution >= 4 is 9.68 Å². The average molecular weight is 245 g/mol. The van der Waals surface area contributed by atoms with Crippen molar-refractivity contribution < 1.29 is 0 Å². The molecule has 0 unspecified atom stereocenters. The number of nitrogens with zero attached hydrogens (tertiary/aromatic N) is 2. The Bertz CT molecular complexity index is 156. The van der Waals surface area contributed by atoms with Gasteiger partial charge < -0.3 is 4.98 Å². The van der Waals surface area contributed by atoms with Crippen molar-refractivity contribution in [3.63, 3.8) is 0 Å². The van der Waals surface area contributed by atoms with Crippen molar-refractivity contribution in [3.8, 4) is 0 Å². The lowest BCUT2D eigenvalue weighted by molar-refractivity contribution is -0.0457. The van der Waals surface area contributed by atoms with Crippen LogP contribution in [0.3, 0.4) is 0 Å². The highest BCUT2D eigenvalue weighted by molar-refractivity contribution is 6.32. The average Bonchev–Trinajstić information content (AvgIpc) is 2.29. The zero-order chi connectivity index (χ0) is 12.6. The van der Waals surface area contributed by atoms with Crippen LogP contribution in [0.4, 0.5) is 0 Å². The first-order chi connectivity index (χ1) is 7.60. The summed E-state index contributed by atoms with van der Waals surface area (Å²) in [6, 6.07) is 1.32. The monoisotopic (exact) mass is 245 g/mol. The van der Waals surface area contributed by atoms with Crippen molar-refractivity contribution in [1.29, 1.82) is 0 Å². The largest absolute Gasteiger partial charge is 0.314 e. The Morgan fingerprint density at radius 2 is 1.25 bits per heavy atom. The molecule has 0 aliphatic carbocycles. The van der Waals surface area contributed by atoms with Crippen LogP contribution in [0.1, 0.15) is 41.5 Å². The Hall–Kier alpha value is 0.0969. The Balaban J connectivity index is 4.82. The lowest BCUT2D eigenvalue weighted by Gasteiger charge is -2.48. The number of nitrogens with one attached hydrogen (secondary N) is 1. The molecule has 0 amide bonds. The fourth-order valence-electron chi connectivity index (χ4n) is 2.46. The maximum Gasteiger partial charge on any atom is 0.119 e. The van der Waals surface area contributed by atoms with Gasteiger partial charge >= 0.3 is 0 Å². The lowest BCUT2D eigenvalue weighted by Crippen LogP contribution is -2.67. The zero-order valence-corrected chi connectivity index (χ0v) is 13.6. The van der Waals surface area contributed by atoms with Crippen LogP contribution in [0, 0.1) is 0 Å². The minimum atomic E-state index is -0.139. The predicted molar refractivity (Wildman–Crippen MR) is 76.4 cm³/mol. The van der Waals surface area contributed by atoms with E-state index < -0.39 is 0 Å². The SMILES string of the molecule is CC[SiH2]NC(C)(N(CC)CC)N(CC)CC. The summed E-state index contributed by atoms with van der Waals surface area (Å²) in [5, 5.41) is 0. The summed E-state index contributed by atoms with van der Waals surface area (Å²) in [4.78, 5) is 8.90. The zero-order valence-electron chi connectivity index (χ0n) is 12.1. The van der Waals surface area contributed by atoms with Gasteiger partial charge in [-0.3, -0.25) is 9.80 Å². The van der Waals surface area contributed by atoms with E-state index in [1.54, 1.807) is 0 Å². The third-order valence-electron chi connectivity index (χ3n) is 3.47. The molecule has 3 nitrogen and oxygen atoms in total. The molecule has 0 heterocycles. The van der Waals surface area contributed by atoms with Crippen molar-refractivity contribution in [3.05, 3.63) is 0 Å². The molecule has 0 spiro atoms. The summed E-state index contributed by atoms with van der Waals surface area (Å²) in [7, 11) is -0.139. The Labute approximate surface area is 104 Å².